The third-order valence-electron chi connectivity index (χ3n) is 4.00. The number of nitrogens with zero attached hydrogens (tertiary/aromatic N) is 2. The van der Waals surface area contributed by atoms with E-state index in [1.807, 2.05) is 24.3 Å². The first-order valence-corrected chi connectivity index (χ1v) is 6.64. The second-order valence-corrected chi connectivity index (χ2v) is 5.22. The van der Waals surface area contributed by atoms with Gasteiger partial charge in [-0.15, -0.1) is 0 Å². The second-order valence-electron chi connectivity index (χ2n) is 5.22. The fraction of sp³-hybridized carbons (Fsp3) is 0.533. The maximum absolute atomic E-state index is 8.78. The molecule has 1 fully saturated rings. The average molecular weight is 243 g/mol. The van der Waals surface area contributed by atoms with E-state index >= 15 is 0 Å². The lowest BCUT2D eigenvalue weighted by atomic mass is 10.0. The molecule has 1 aromatic rings. The van der Waals surface area contributed by atoms with Crippen molar-refractivity contribution < 1.29 is 0 Å². The van der Waals surface area contributed by atoms with Crippen LogP contribution in [0.2, 0.25) is 0 Å². The maximum atomic E-state index is 8.78. The number of nitriles is 1. The Kier molecular flexibility index (Phi) is 4.35. The highest BCUT2D eigenvalue weighted by Crippen LogP contribution is 2.29. The summed E-state index contributed by atoms with van der Waals surface area (Å²) < 4.78 is 0. The van der Waals surface area contributed by atoms with Crippen molar-refractivity contribution in [2.45, 2.75) is 31.8 Å². The highest BCUT2D eigenvalue weighted by Gasteiger charge is 2.28. The van der Waals surface area contributed by atoms with E-state index in [0.29, 0.717) is 12.0 Å². The van der Waals surface area contributed by atoms with Gasteiger partial charge < -0.3 is 5.73 Å². The van der Waals surface area contributed by atoms with E-state index < -0.39 is 0 Å². The van der Waals surface area contributed by atoms with Crippen LogP contribution in [0.3, 0.4) is 0 Å². The fourth-order valence-corrected chi connectivity index (χ4v) is 2.96. The zero-order valence-corrected chi connectivity index (χ0v) is 11.0. The summed E-state index contributed by atoms with van der Waals surface area (Å²) in [5.74, 6) is 0.647. The summed E-state index contributed by atoms with van der Waals surface area (Å²) in [5.41, 5.74) is 7.82. The minimum absolute atomic E-state index is 0.616. The van der Waals surface area contributed by atoms with Gasteiger partial charge >= 0.3 is 0 Å². The monoisotopic (exact) mass is 243 g/mol. The van der Waals surface area contributed by atoms with Crippen LogP contribution in [0.4, 0.5) is 0 Å². The van der Waals surface area contributed by atoms with Gasteiger partial charge in [-0.05, 0) is 50.0 Å². The Balaban J connectivity index is 1.98. The number of rotatable bonds is 4. The molecule has 0 radical (unpaired) electrons. The number of nitrogens with two attached hydrogens (primary N) is 1. The Bertz CT molecular complexity index is 418. The zero-order valence-electron chi connectivity index (χ0n) is 11.0. The number of hydrogen-bond donors (Lipinski definition) is 1. The molecule has 0 aromatic heterocycles. The van der Waals surface area contributed by atoms with Gasteiger partial charge in [0.05, 0.1) is 11.6 Å². The Morgan fingerprint density at radius 2 is 2.06 bits per heavy atom. The molecular weight excluding hydrogens is 222 g/mol. The molecule has 0 amide bonds. The van der Waals surface area contributed by atoms with Gasteiger partial charge in [0.1, 0.15) is 0 Å². The molecule has 0 spiro atoms. The number of benzene rings is 1. The van der Waals surface area contributed by atoms with Gasteiger partial charge in [-0.1, -0.05) is 18.6 Å². The van der Waals surface area contributed by atoms with Crippen molar-refractivity contribution in [3.63, 3.8) is 0 Å². The first kappa shape index (κ1) is 13.1. The maximum Gasteiger partial charge on any atom is 0.0991 e. The van der Waals surface area contributed by atoms with Crippen molar-refractivity contribution >= 4 is 0 Å². The molecule has 1 saturated carbocycles. The van der Waals surface area contributed by atoms with Crippen molar-refractivity contribution in [3.8, 4) is 6.07 Å². The van der Waals surface area contributed by atoms with Gasteiger partial charge in [0.15, 0.2) is 0 Å². The smallest absolute Gasteiger partial charge is 0.0991 e. The second kappa shape index (κ2) is 5.99. The summed E-state index contributed by atoms with van der Waals surface area (Å²) in [7, 11) is 2.18. The van der Waals surface area contributed by atoms with E-state index in [4.69, 9.17) is 11.0 Å². The van der Waals surface area contributed by atoms with Gasteiger partial charge in [0.2, 0.25) is 0 Å². The van der Waals surface area contributed by atoms with Gasteiger partial charge in [-0.25, -0.2) is 0 Å². The van der Waals surface area contributed by atoms with Crippen LogP contribution in [-0.4, -0.2) is 24.5 Å². The zero-order chi connectivity index (χ0) is 13.0. The van der Waals surface area contributed by atoms with Crippen LogP contribution in [0.25, 0.3) is 0 Å². The molecule has 1 aromatic carbocycles. The van der Waals surface area contributed by atoms with E-state index in [-0.39, 0.29) is 0 Å². The Hall–Kier alpha value is -1.37. The van der Waals surface area contributed by atoms with Crippen LogP contribution in [-0.2, 0) is 6.54 Å². The predicted octanol–water partition coefficient (Wildman–Crippen LogP) is 2.12. The highest BCUT2D eigenvalue weighted by atomic mass is 15.1. The van der Waals surface area contributed by atoms with Crippen molar-refractivity contribution in [2.24, 2.45) is 11.7 Å². The average Bonchev–Trinajstić information content (AvgIpc) is 2.88. The van der Waals surface area contributed by atoms with E-state index in [2.05, 4.69) is 18.0 Å². The number of hydrogen-bond acceptors (Lipinski definition) is 3. The first-order valence-electron chi connectivity index (χ1n) is 6.64. The molecule has 0 bridgehead atoms. The van der Waals surface area contributed by atoms with E-state index in [1.165, 1.54) is 24.8 Å². The molecular formula is C15H21N3. The lowest BCUT2D eigenvalue weighted by Crippen LogP contribution is -2.37. The van der Waals surface area contributed by atoms with Crippen LogP contribution in [0.5, 0.6) is 0 Å². The Morgan fingerprint density at radius 1 is 1.33 bits per heavy atom. The van der Waals surface area contributed by atoms with Crippen molar-refractivity contribution in [1.29, 1.82) is 5.26 Å². The molecule has 96 valence electrons. The third kappa shape index (κ3) is 2.90. The molecule has 1 aliphatic carbocycles. The molecule has 18 heavy (non-hydrogen) atoms. The molecule has 2 N–H and O–H groups in total. The third-order valence-corrected chi connectivity index (χ3v) is 4.00. The summed E-state index contributed by atoms with van der Waals surface area (Å²) in [6, 6.07) is 10.6. The van der Waals surface area contributed by atoms with E-state index in [0.717, 1.165) is 18.7 Å². The van der Waals surface area contributed by atoms with Crippen LogP contribution >= 0.6 is 0 Å². The van der Waals surface area contributed by atoms with Crippen LogP contribution in [0.15, 0.2) is 24.3 Å². The van der Waals surface area contributed by atoms with Crippen LogP contribution in [0.1, 0.15) is 30.4 Å². The molecule has 0 aliphatic heterocycles. The Morgan fingerprint density at radius 3 is 2.67 bits per heavy atom. The summed E-state index contributed by atoms with van der Waals surface area (Å²) in [6.07, 6.45) is 3.82. The molecule has 0 heterocycles. The molecule has 1 aliphatic rings. The molecule has 2 unspecified atom stereocenters. The van der Waals surface area contributed by atoms with Crippen LogP contribution in [0, 0.1) is 17.2 Å². The van der Waals surface area contributed by atoms with Crippen molar-refractivity contribution in [1.82, 2.24) is 4.90 Å². The largest absolute Gasteiger partial charge is 0.330 e. The van der Waals surface area contributed by atoms with Crippen molar-refractivity contribution in [2.75, 3.05) is 13.6 Å². The van der Waals surface area contributed by atoms with E-state index in [9.17, 15) is 0 Å². The normalized spacial score (nSPS) is 23.2. The first-order chi connectivity index (χ1) is 8.74. The molecule has 2 rings (SSSR count). The Labute approximate surface area is 109 Å². The molecule has 3 heteroatoms. The van der Waals surface area contributed by atoms with Gasteiger partial charge in [0, 0.05) is 12.6 Å². The van der Waals surface area contributed by atoms with Gasteiger partial charge in [0.25, 0.3) is 0 Å². The minimum Gasteiger partial charge on any atom is -0.330 e. The SMILES string of the molecule is CN(Cc1ccc(C#N)cc1)C1CCCC1CN. The van der Waals surface area contributed by atoms with Gasteiger partial charge in [-0.3, -0.25) is 4.90 Å². The lowest BCUT2D eigenvalue weighted by Gasteiger charge is -2.29. The summed E-state index contributed by atoms with van der Waals surface area (Å²) in [5, 5.41) is 8.78. The quantitative estimate of drug-likeness (QED) is 0.881. The van der Waals surface area contributed by atoms with E-state index in [1.54, 1.807) is 0 Å². The van der Waals surface area contributed by atoms with Crippen LogP contribution < -0.4 is 5.73 Å². The van der Waals surface area contributed by atoms with Crippen molar-refractivity contribution in [3.05, 3.63) is 35.4 Å². The topological polar surface area (TPSA) is 53.0 Å². The standard InChI is InChI=1S/C15H21N3/c1-18(15-4-2-3-14(15)10-17)11-13-7-5-12(9-16)6-8-13/h5-8,14-15H,2-4,10-11,17H2,1H3. The van der Waals surface area contributed by atoms with Gasteiger partial charge in [-0.2, -0.15) is 5.26 Å². The molecule has 0 saturated heterocycles. The summed E-state index contributed by atoms with van der Waals surface area (Å²) >= 11 is 0. The lowest BCUT2D eigenvalue weighted by molar-refractivity contribution is 0.193. The minimum atomic E-state index is 0.616. The predicted molar refractivity (Wildman–Crippen MR) is 72.8 cm³/mol. The summed E-state index contributed by atoms with van der Waals surface area (Å²) in [6.45, 7) is 1.73. The fourth-order valence-electron chi connectivity index (χ4n) is 2.96. The summed E-state index contributed by atoms with van der Waals surface area (Å²) in [4.78, 5) is 2.41. The molecule has 2 atom stereocenters. The molecule has 3 nitrogen and oxygen atoms in total. The highest BCUT2D eigenvalue weighted by molar-refractivity contribution is 5.31.